The Morgan fingerprint density at radius 3 is 2.07 bits per heavy atom. The Morgan fingerprint density at radius 2 is 1.48 bits per heavy atom. The molecule has 0 aliphatic carbocycles. The topological polar surface area (TPSA) is 124 Å². The van der Waals surface area contributed by atoms with Crippen molar-refractivity contribution in [3.63, 3.8) is 0 Å². The molecule has 3 rings (SSSR count). The van der Waals surface area contributed by atoms with E-state index >= 15 is 0 Å². The molecule has 11 nitrogen and oxygen atoms in total. The maximum atomic E-state index is 14.4. The summed E-state index contributed by atoms with van der Waals surface area (Å²) in [6, 6.07) is 17.2. The van der Waals surface area contributed by atoms with Crippen LogP contribution in [0, 0.1) is 0 Å². The van der Waals surface area contributed by atoms with Gasteiger partial charge in [-0.05, 0) is 42.7 Å². The van der Waals surface area contributed by atoms with Crippen molar-refractivity contribution < 1.29 is 37.0 Å². The van der Waals surface area contributed by atoms with Crippen LogP contribution in [-0.4, -0.2) is 72.7 Å². The molecule has 1 N–H and O–H groups in total. The second-order valence-electron chi connectivity index (χ2n) is 9.79. The van der Waals surface area contributed by atoms with E-state index < -0.39 is 28.5 Å². The van der Waals surface area contributed by atoms with E-state index in [-0.39, 0.29) is 34.5 Å². The highest BCUT2D eigenvalue weighted by atomic mass is 32.2. The summed E-state index contributed by atoms with van der Waals surface area (Å²) < 4.78 is 51.3. The molecule has 0 spiro atoms. The van der Waals surface area contributed by atoms with Crippen LogP contribution in [-0.2, 0) is 26.2 Å². The molecule has 0 fully saturated rings. The lowest BCUT2D eigenvalue weighted by Gasteiger charge is -2.33. The van der Waals surface area contributed by atoms with E-state index in [1.54, 1.807) is 12.1 Å². The Morgan fingerprint density at radius 1 is 0.818 bits per heavy atom. The van der Waals surface area contributed by atoms with Gasteiger partial charge in [0.25, 0.3) is 10.0 Å². The van der Waals surface area contributed by atoms with Gasteiger partial charge in [0, 0.05) is 25.2 Å². The Bertz CT molecular complexity index is 1520. The quantitative estimate of drug-likeness (QED) is 0.250. The number of sulfonamides is 1. The van der Waals surface area contributed by atoms with E-state index in [1.165, 1.54) is 57.6 Å². The molecule has 0 aliphatic rings. The normalized spacial score (nSPS) is 11.7. The van der Waals surface area contributed by atoms with E-state index in [1.807, 2.05) is 44.2 Å². The van der Waals surface area contributed by atoms with Gasteiger partial charge in [-0.3, -0.25) is 13.9 Å². The third-order valence-electron chi connectivity index (χ3n) is 7.01. The van der Waals surface area contributed by atoms with Crippen molar-refractivity contribution in [1.29, 1.82) is 0 Å². The predicted octanol–water partition coefficient (Wildman–Crippen LogP) is 4.25. The van der Waals surface area contributed by atoms with E-state index in [9.17, 15) is 18.0 Å². The number of anilines is 1. The van der Waals surface area contributed by atoms with Crippen LogP contribution in [0.4, 0.5) is 5.69 Å². The van der Waals surface area contributed by atoms with Crippen LogP contribution in [0.5, 0.6) is 23.0 Å². The Hall–Kier alpha value is -4.45. The van der Waals surface area contributed by atoms with Crippen molar-refractivity contribution in [3.8, 4) is 23.0 Å². The molecule has 1 unspecified atom stereocenters. The number of methoxy groups -OCH3 is 4. The summed E-state index contributed by atoms with van der Waals surface area (Å²) in [5, 5.41) is 2.88. The molecule has 0 aliphatic heterocycles. The van der Waals surface area contributed by atoms with Crippen LogP contribution in [0.3, 0.4) is 0 Å². The van der Waals surface area contributed by atoms with Gasteiger partial charge in [0.1, 0.15) is 24.1 Å². The summed E-state index contributed by atoms with van der Waals surface area (Å²) in [4.78, 5) is 28.8. The minimum absolute atomic E-state index is 0.0816. The molecule has 0 saturated heterocycles. The average molecular weight is 628 g/mol. The summed E-state index contributed by atoms with van der Waals surface area (Å²) in [6.07, 6.45) is 1.04. The zero-order valence-electron chi connectivity index (χ0n) is 26.0. The number of hydrogen-bond acceptors (Lipinski definition) is 8. The molecule has 0 saturated carbocycles. The SMILES string of the molecule is CCCNC(=O)C(CC)N(Cc1ccccc1)C(=O)CN(c1cc(OC)ccc1OC)S(=O)(=O)c1ccc(OC)c(OC)c1. The van der Waals surface area contributed by atoms with Gasteiger partial charge in [-0.1, -0.05) is 44.2 Å². The molecule has 1 atom stereocenters. The maximum absolute atomic E-state index is 14.4. The third kappa shape index (κ3) is 7.93. The first kappa shape index (κ1) is 34.0. The van der Waals surface area contributed by atoms with Gasteiger partial charge in [0.15, 0.2) is 11.5 Å². The van der Waals surface area contributed by atoms with Crippen molar-refractivity contribution in [1.82, 2.24) is 10.2 Å². The number of hydrogen-bond donors (Lipinski definition) is 1. The third-order valence-corrected chi connectivity index (χ3v) is 8.76. The van der Waals surface area contributed by atoms with E-state index in [0.29, 0.717) is 24.5 Å². The molecule has 0 aromatic heterocycles. The zero-order valence-corrected chi connectivity index (χ0v) is 26.8. The van der Waals surface area contributed by atoms with Crippen LogP contribution in [0.2, 0.25) is 0 Å². The minimum atomic E-state index is -4.42. The van der Waals surface area contributed by atoms with Gasteiger partial charge in [0.2, 0.25) is 11.8 Å². The summed E-state index contributed by atoms with van der Waals surface area (Å²) in [5.41, 5.74) is 0.869. The molecule has 2 amide bonds. The number of ether oxygens (including phenoxy) is 4. The van der Waals surface area contributed by atoms with Gasteiger partial charge >= 0.3 is 0 Å². The van der Waals surface area contributed by atoms with Gasteiger partial charge in [0.05, 0.1) is 39.0 Å². The number of benzene rings is 3. The highest BCUT2D eigenvalue weighted by Crippen LogP contribution is 2.37. The molecule has 238 valence electrons. The van der Waals surface area contributed by atoms with Crippen molar-refractivity contribution in [2.75, 3.05) is 45.8 Å². The highest BCUT2D eigenvalue weighted by molar-refractivity contribution is 7.92. The average Bonchev–Trinajstić information content (AvgIpc) is 3.05. The first-order chi connectivity index (χ1) is 21.1. The Balaban J connectivity index is 2.18. The smallest absolute Gasteiger partial charge is 0.265 e. The van der Waals surface area contributed by atoms with Crippen molar-refractivity contribution >= 4 is 27.5 Å². The van der Waals surface area contributed by atoms with Gasteiger partial charge in [-0.25, -0.2) is 8.42 Å². The summed E-state index contributed by atoms with van der Waals surface area (Å²) in [7, 11) is 1.28. The monoisotopic (exact) mass is 627 g/mol. The zero-order chi connectivity index (χ0) is 32.3. The Kier molecular flexibility index (Phi) is 12.3. The fourth-order valence-electron chi connectivity index (χ4n) is 4.67. The maximum Gasteiger partial charge on any atom is 0.265 e. The Labute approximate surface area is 259 Å². The van der Waals surface area contributed by atoms with Crippen LogP contribution >= 0.6 is 0 Å². The second-order valence-corrected chi connectivity index (χ2v) is 11.7. The fourth-order valence-corrected chi connectivity index (χ4v) is 6.11. The van der Waals surface area contributed by atoms with Gasteiger partial charge in [-0.15, -0.1) is 0 Å². The minimum Gasteiger partial charge on any atom is -0.497 e. The van der Waals surface area contributed by atoms with Crippen LogP contribution < -0.4 is 28.6 Å². The van der Waals surface area contributed by atoms with E-state index in [4.69, 9.17) is 18.9 Å². The predicted molar refractivity (Wildman–Crippen MR) is 168 cm³/mol. The van der Waals surface area contributed by atoms with Crippen molar-refractivity contribution in [3.05, 3.63) is 72.3 Å². The number of rotatable bonds is 16. The summed E-state index contributed by atoms with van der Waals surface area (Å²) >= 11 is 0. The molecule has 0 radical (unpaired) electrons. The lowest BCUT2D eigenvalue weighted by Crippen LogP contribution is -2.52. The molecule has 0 bridgehead atoms. The molecule has 0 heterocycles. The highest BCUT2D eigenvalue weighted by Gasteiger charge is 2.35. The first-order valence-electron chi connectivity index (χ1n) is 14.2. The standard InChI is InChI=1S/C32H41N3O8S/c1-7-18-33-32(37)26(8-2)34(21-23-12-10-9-11-13-23)31(36)22-35(27-19-24(40-3)14-16-28(27)41-4)44(38,39)25-15-17-29(42-5)30(20-25)43-6/h9-17,19-20,26H,7-8,18,21-22H2,1-6H3,(H,33,37). The number of carbonyl (C=O) groups excluding carboxylic acids is 2. The number of amides is 2. The van der Waals surface area contributed by atoms with Crippen LogP contribution in [0.25, 0.3) is 0 Å². The molecule has 44 heavy (non-hydrogen) atoms. The number of carbonyl (C=O) groups is 2. The number of nitrogens with one attached hydrogen (secondary N) is 1. The largest absolute Gasteiger partial charge is 0.497 e. The number of nitrogens with zero attached hydrogens (tertiary/aromatic N) is 2. The van der Waals surface area contributed by atoms with E-state index in [2.05, 4.69) is 5.32 Å². The molecule has 3 aromatic rings. The lowest BCUT2D eigenvalue weighted by molar-refractivity contribution is -0.140. The van der Waals surface area contributed by atoms with E-state index in [0.717, 1.165) is 16.3 Å². The molecule has 12 heteroatoms. The van der Waals surface area contributed by atoms with Gasteiger partial charge in [-0.2, -0.15) is 0 Å². The lowest BCUT2D eigenvalue weighted by atomic mass is 10.1. The molecular formula is C32H41N3O8S. The molecular weight excluding hydrogens is 586 g/mol. The first-order valence-corrected chi connectivity index (χ1v) is 15.7. The fraction of sp³-hybridized carbons (Fsp3) is 0.375. The van der Waals surface area contributed by atoms with Crippen LogP contribution in [0.1, 0.15) is 32.3 Å². The van der Waals surface area contributed by atoms with Crippen molar-refractivity contribution in [2.24, 2.45) is 0 Å². The second kappa shape index (κ2) is 15.9. The van der Waals surface area contributed by atoms with Gasteiger partial charge < -0.3 is 29.2 Å². The van der Waals surface area contributed by atoms with Crippen LogP contribution in [0.15, 0.2) is 71.6 Å². The summed E-state index contributed by atoms with van der Waals surface area (Å²) in [5.74, 6) is 0.193. The summed E-state index contributed by atoms with van der Waals surface area (Å²) in [6.45, 7) is 3.66. The van der Waals surface area contributed by atoms with Crippen molar-refractivity contribution in [2.45, 2.75) is 44.2 Å². The molecule has 3 aromatic carbocycles.